The fourth-order valence-corrected chi connectivity index (χ4v) is 3.35. The van der Waals surface area contributed by atoms with Gasteiger partial charge in [0.1, 0.15) is 5.56 Å². The third kappa shape index (κ3) is 2.83. The Bertz CT molecular complexity index is 749. The minimum atomic E-state index is -0.152. The van der Waals surface area contributed by atoms with Crippen LogP contribution in [-0.4, -0.2) is 22.8 Å². The van der Waals surface area contributed by atoms with Gasteiger partial charge in [0.25, 0.3) is 5.91 Å². The van der Waals surface area contributed by atoms with Gasteiger partial charge in [0.05, 0.1) is 18.8 Å². The van der Waals surface area contributed by atoms with E-state index in [1.54, 1.807) is 18.8 Å². The summed E-state index contributed by atoms with van der Waals surface area (Å²) in [5, 5.41) is 7.32. The average Bonchev–Trinajstić information content (AvgIpc) is 3.09. The Balaban J connectivity index is 1.80. The molecule has 0 aliphatic heterocycles. The van der Waals surface area contributed by atoms with Crippen LogP contribution in [0.1, 0.15) is 52.1 Å². The van der Waals surface area contributed by atoms with E-state index in [1.807, 2.05) is 13.8 Å². The minimum absolute atomic E-state index is 0.0577. The van der Waals surface area contributed by atoms with E-state index in [-0.39, 0.29) is 11.9 Å². The van der Waals surface area contributed by atoms with E-state index in [2.05, 4.69) is 28.6 Å². The number of fused-ring (bicyclic) bond motifs is 1. The van der Waals surface area contributed by atoms with Crippen molar-refractivity contribution in [2.24, 2.45) is 7.05 Å². The molecule has 1 aliphatic carbocycles. The van der Waals surface area contributed by atoms with Gasteiger partial charge in [0, 0.05) is 7.05 Å². The number of nitrogens with one attached hydrogen (secondary N) is 1. The second kappa shape index (κ2) is 6.07. The Morgan fingerprint density at radius 2 is 2.09 bits per heavy atom. The first-order valence-electron chi connectivity index (χ1n) is 8.01. The van der Waals surface area contributed by atoms with Gasteiger partial charge in [-0.1, -0.05) is 18.2 Å². The van der Waals surface area contributed by atoms with Crippen LogP contribution in [0.5, 0.6) is 5.88 Å². The molecule has 0 spiro atoms. The number of benzene rings is 1. The number of hydrogen-bond acceptors (Lipinski definition) is 3. The zero-order valence-electron chi connectivity index (χ0n) is 14.1. The number of carbonyl (C=O) groups excluding carboxylic acids is 1. The maximum atomic E-state index is 12.6. The van der Waals surface area contributed by atoms with E-state index < -0.39 is 0 Å². The molecule has 1 aliphatic rings. The zero-order valence-corrected chi connectivity index (χ0v) is 14.1. The molecule has 0 bridgehead atoms. The van der Waals surface area contributed by atoms with E-state index >= 15 is 0 Å². The summed E-state index contributed by atoms with van der Waals surface area (Å²) in [6.07, 6.45) is 3.54. The van der Waals surface area contributed by atoms with Gasteiger partial charge in [0.2, 0.25) is 5.88 Å². The molecular formula is C18H23N3O2. The normalized spacial score (nSPS) is 14.4. The molecule has 1 amide bonds. The molecule has 23 heavy (non-hydrogen) atoms. The van der Waals surface area contributed by atoms with E-state index in [4.69, 9.17) is 4.74 Å². The lowest BCUT2D eigenvalue weighted by molar-refractivity contribution is 0.0936. The van der Waals surface area contributed by atoms with Crippen LogP contribution in [-0.2, 0) is 19.9 Å². The van der Waals surface area contributed by atoms with E-state index in [1.165, 1.54) is 24.0 Å². The lowest BCUT2D eigenvalue weighted by Crippen LogP contribution is -2.27. The number of methoxy groups -OCH3 is 1. The largest absolute Gasteiger partial charge is 0.481 e. The van der Waals surface area contributed by atoms with Gasteiger partial charge in [-0.05, 0) is 49.8 Å². The molecule has 3 rings (SSSR count). The molecule has 1 aromatic carbocycles. The summed E-state index contributed by atoms with van der Waals surface area (Å²) in [4.78, 5) is 12.6. The van der Waals surface area contributed by atoms with E-state index in [0.29, 0.717) is 17.1 Å². The number of hydrogen-bond donors (Lipinski definition) is 1. The Hall–Kier alpha value is -2.30. The number of aryl methyl sites for hydroxylation is 4. The van der Waals surface area contributed by atoms with Crippen LogP contribution in [0, 0.1) is 6.92 Å². The molecular weight excluding hydrogens is 290 g/mol. The van der Waals surface area contributed by atoms with Crippen molar-refractivity contribution in [2.45, 2.75) is 39.2 Å². The number of aromatic nitrogens is 2. The van der Waals surface area contributed by atoms with E-state index in [0.717, 1.165) is 12.0 Å². The van der Waals surface area contributed by atoms with Crippen molar-refractivity contribution < 1.29 is 9.53 Å². The van der Waals surface area contributed by atoms with Crippen LogP contribution in [0.15, 0.2) is 18.2 Å². The number of nitrogens with zero attached hydrogens (tertiary/aromatic N) is 2. The van der Waals surface area contributed by atoms with Crippen molar-refractivity contribution in [3.63, 3.8) is 0 Å². The Morgan fingerprint density at radius 3 is 2.83 bits per heavy atom. The first kappa shape index (κ1) is 15.6. The monoisotopic (exact) mass is 313 g/mol. The summed E-state index contributed by atoms with van der Waals surface area (Å²) in [5.41, 5.74) is 5.17. The Labute approximate surface area is 136 Å². The molecule has 1 atom stereocenters. The van der Waals surface area contributed by atoms with Crippen molar-refractivity contribution in [3.05, 3.63) is 46.1 Å². The van der Waals surface area contributed by atoms with Gasteiger partial charge >= 0.3 is 0 Å². The van der Waals surface area contributed by atoms with Crippen molar-refractivity contribution in [2.75, 3.05) is 7.11 Å². The van der Waals surface area contributed by atoms with Crippen molar-refractivity contribution in [1.82, 2.24) is 15.1 Å². The third-order valence-corrected chi connectivity index (χ3v) is 4.56. The maximum absolute atomic E-state index is 12.6. The van der Waals surface area contributed by atoms with Crippen molar-refractivity contribution in [3.8, 4) is 5.88 Å². The van der Waals surface area contributed by atoms with Gasteiger partial charge in [-0.3, -0.25) is 4.79 Å². The SMILES string of the molecule is COc1c(C(=O)NC(C)c2ccc3c(c2)CCC3)c(C)nn1C. The van der Waals surface area contributed by atoms with Gasteiger partial charge in [-0.15, -0.1) is 0 Å². The van der Waals surface area contributed by atoms with Gasteiger partial charge in [0.15, 0.2) is 0 Å². The average molecular weight is 313 g/mol. The third-order valence-electron chi connectivity index (χ3n) is 4.56. The molecule has 1 N–H and O–H groups in total. The quantitative estimate of drug-likeness (QED) is 0.944. The standard InChI is InChI=1S/C18H23N3O2/c1-11(14-9-8-13-6-5-7-15(13)10-14)19-17(22)16-12(2)20-21(3)18(16)23-4/h8-11H,5-7H2,1-4H3,(H,19,22). The summed E-state index contributed by atoms with van der Waals surface area (Å²) in [7, 11) is 3.32. The molecule has 1 aromatic heterocycles. The highest BCUT2D eigenvalue weighted by Gasteiger charge is 2.23. The van der Waals surface area contributed by atoms with Gasteiger partial charge < -0.3 is 10.1 Å². The maximum Gasteiger partial charge on any atom is 0.259 e. The van der Waals surface area contributed by atoms with Crippen LogP contribution in [0.2, 0.25) is 0 Å². The second-order valence-corrected chi connectivity index (χ2v) is 6.17. The molecule has 0 fully saturated rings. The fraction of sp³-hybridized carbons (Fsp3) is 0.444. The molecule has 122 valence electrons. The number of rotatable bonds is 4. The molecule has 2 aromatic rings. The number of ether oxygens (including phenoxy) is 1. The van der Waals surface area contributed by atoms with Crippen LogP contribution < -0.4 is 10.1 Å². The first-order chi connectivity index (χ1) is 11.0. The molecule has 0 saturated heterocycles. The topological polar surface area (TPSA) is 56.1 Å². The van der Waals surface area contributed by atoms with Crippen LogP contribution in [0.3, 0.4) is 0 Å². The molecule has 5 nitrogen and oxygen atoms in total. The van der Waals surface area contributed by atoms with Crippen molar-refractivity contribution in [1.29, 1.82) is 0 Å². The van der Waals surface area contributed by atoms with Crippen LogP contribution in [0.4, 0.5) is 0 Å². The molecule has 0 saturated carbocycles. The Kier molecular flexibility index (Phi) is 4.11. The van der Waals surface area contributed by atoms with E-state index in [9.17, 15) is 4.79 Å². The van der Waals surface area contributed by atoms with Gasteiger partial charge in [-0.2, -0.15) is 5.10 Å². The molecule has 5 heteroatoms. The lowest BCUT2D eigenvalue weighted by Gasteiger charge is -2.16. The summed E-state index contributed by atoms with van der Waals surface area (Å²) in [6.45, 7) is 3.82. The van der Waals surface area contributed by atoms with Crippen LogP contribution >= 0.6 is 0 Å². The minimum Gasteiger partial charge on any atom is -0.481 e. The predicted octanol–water partition coefficient (Wildman–Crippen LogP) is 2.72. The smallest absolute Gasteiger partial charge is 0.259 e. The number of carbonyl (C=O) groups is 1. The van der Waals surface area contributed by atoms with Gasteiger partial charge in [-0.25, -0.2) is 4.68 Å². The predicted molar refractivity (Wildman–Crippen MR) is 88.8 cm³/mol. The fourth-order valence-electron chi connectivity index (χ4n) is 3.35. The van der Waals surface area contributed by atoms with Crippen molar-refractivity contribution >= 4 is 5.91 Å². The molecule has 1 heterocycles. The molecule has 0 radical (unpaired) electrons. The summed E-state index contributed by atoms with van der Waals surface area (Å²) in [6, 6.07) is 6.47. The second-order valence-electron chi connectivity index (χ2n) is 6.17. The zero-order chi connectivity index (χ0) is 16.6. The summed E-state index contributed by atoms with van der Waals surface area (Å²) in [5.74, 6) is 0.335. The highest BCUT2D eigenvalue weighted by molar-refractivity contribution is 5.97. The molecule has 1 unspecified atom stereocenters. The number of amides is 1. The first-order valence-corrected chi connectivity index (χ1v) is 8.01. The Morgan fingerprint density at radius 1 is 1.35 bits per heavy atom. The lowest BCUT2D eigenvalue weighted by atomic mass is 10.0. The highest BCUT2D eigenvalue weighted by Crippen LogP contribution is 2.26. The highest BCUT2D eigenvalue weighted by atomic mass is 16.5. The summed E-state index contributed by atoms with van der Waals surface area (Å²) >= 11 is 0. The summed E-state index contributed by atoms with van der Waals surface area (Å²) < 4.78 is 6.89. The van der Waals surface area contributed by atoms with Crippen LogP contribution in [0.25, 0.3) is 0 Å².